The van der Waals surface area contributed by atoms with Crippen LogP contribution < -0.4 is 14.2 Å². The van der Waals surface area contributed by atoms with Crippen LogP contribution in [0.5, 0.6) is 17.2 Å². The van der Waals surface area contributed by atoms with Crippen LogP contribution in [0, 0.1) is 0 Å². The summed E-state index contributed by atoms with van der Waals surface area (Å²) in [6, 6.07) is 13.0. The van der Waals surface area contributed by atoms with Gasteiger partial charge in [0.25, 0.3) is 0 Å². The summed E-state index contributed by atoms with van der Waals surface area (Å²) < 4.78 is 21.8. The van der Waals surface area contributed by atoms with Crippen LogP contribution in [0.4, 0.5) is 4.79 Å². The molecule has 0 spiro atoms. The molecule has 0 saturated carbocycles. The number of carbonyl (C=O) groups is 2. The monoisotopic (exact) mass is 500 g/mol. The number of halogens is 1. The highest BCUT2D eigenvalue weighted by molar-refractivity contribution is 6.33. The zero-order chi connectivity index (χ0) is 24.8. The Hall–Kier alpha value is -3.39. The van der Waals surface area contributed by atoms with E-state index >= 15 is 0 Å². The molecule has 2 amide bonds. The molecule has 35 heavy (non-hydrogen) atoms. The third-order valence-corrected chi connectivity index (χ3v) is 6.61. The average Bonchev–Trinajstić information content (AvgIpc) is 3.27. The lowest BCUT2D eigenvalue weighted by molar-refractivity contribution is -0.127. The topological polar surface area (TPSA) is 77.5 Å². The van der Waals surface area contributed by atoms with E-state index in [1.807, 2.05) is 30.3 Å². The van der Waals surface area contributed by atoms with Gasteiger partial charge in [-0.2, -0.15) is 0 Å². The highest BCUT2D eigenvalue weighted by Gasteiger charge is 2.38. The lowest BCUT2D eigenvalue weighted by atomic mass is 10.0. The lowest BCUT2D eigenvalue weighted by Gasteiger charge is -2.35. The number of benzene rings is 2. The minimum atomic E-state index is -0.320. The Kier molecular flexibility index (Phi) is 8.02. The highest BCUT2D eigenvalue weighted by atomic mass is 35.5. The van der Waals surface area contributed by atoms with Crippen molar-refractivity contribution in [3.63, 3.8) is 0 Å². The first-order chi connectivity index (χ1) is 17.0. The summed E-state index contributed by atoms with van der Waals surface area (Å²) >= 11 is 6.40. The van der Waals surface area contributed by atoms with Crippen molar-refractivity contribution in [2.45, 2.75) is 25.0 Å². The molecule has 8 nitrogen and oxygen atoms in total. The van der Waals surface area contributed by atoms with Gasteiger partial charge in [-0.05, 0) is 48.7 Å². The number of para-hydroxylation sites is 1. The van der Waals surface area contributed by atoms with Gasteiger partial charge in [0, 0.05) is 25.2 Å². The van der Waals surface area contributed by atoms with E-state index in [9.17, 15) is 9.59 Å². The first kappa shape index (κ1) is 24.7. The van der Waals surface area contributed by atoms with Gasteiger partial charge in [0.2, 0.25) is 5.91 Å². The van der Waals surface area contributed by atoms with Gasteiger partial charge in [0.05, 0.1) is 25.8 Å². The molecule has 2 fully saturated rings. The molecule has 0 N–H and O–H groups in total. The zero-order valence-corrected chi connectivity index (χ0v) is 20.6. The van der Waals surface area contributed by atoms with E-state index in [4.69, 9.17) is 30.5 Å². The maximum Gasteiger partial charge on any atom is 0.410 e. The van der Waals surface area contributed by atoms with E-state index < -0.39 is 0 Å². The summed E-state index contributed by atoms with van der Waals surface area (Å²) in [5.74, 6) is 1.59. The third kappa shape index (κ3) is 5.82. The van der Waals surface area contributed by atoms with Crippen molar-refractivity contribution in [2.75, 3.05) is 40.5 Å². The number of methoxy groups -OCH3 is 2. The minimum Gasteiger partial charge on any atom is -0.493 e. The van der Waals surface area contributed by atoms with Crippen LogP contribution in [0.2, 0.25) is 5.02 Å². The minimum absolute atomic E-state index is 0.0394. The molecular weight excluding hydrogens is 472 g/mol. The summed E-state index contributed by atoms with van der Waals surface area (Å²) in [4.78, 5) is 28.7. The smallest absolute Gasteiger partial charge is 0.410 e. The Morgan fingerprint density at radius 1 is 1.11 bits per heavy atom. The Morgan fingerprint density at radius 3 is 2.54 bits per heavy atom. The predicted octanol–water partition coefficient (Wildman–Crippen LogP) is 4.26. The van der Waals surface area contributed by atoms with Gasteiger partial charge in [-0.15, -0.1) is 0 Å². The maximum absolute atomic E-state index is 12.7. The Bertz CT molecular complexity index is 1070. The van der Waals surface area contributed by atoms with Crippen LogP contribution in [0.25, 0.3) is 6.08 Å². The largest absolute Gasteiger partial charge is 0.493 e. The Labute approximate surface area is 209 Å². The van der Waals surface area contributed by atoms with Gasteiger partial charge in [-0.25, -0.2) is 4.79 Å². The Morgan fingerprint density at radius 2 is 1.86 bits per heavy atom. The van der Waals surface area contributed by atoms with Crippen molar-refractivity contribution in [2.24, 2.45) is 0 Å². The summed E-state index contributed by atoms with van der Waals surface area (Å²) in [6.45, 7) is 1.92. The first-order valence-electron chi connectivity index (χ1n) is 11.5. The van der Waals surface area contributed by atoms with E-state index in [2.05, 4.69) is 0 Å². The zero-order valence-electron chi connectivity index (χ0n) is 19.8. The molecule has 2 aromatic carbocycles. The molecule has 4 rings (SSSR count). The molecule has 0 aliphatic carbocycles. The van der Waals surface area contributed by atoms with Crippen molar-refractivity contribution in [1.29, 1.82) is 0 Å². The molecule has 186 valence electrons. The standard InChI is InChI=1S/C26H29ClN2O6/c1-32-22-10-8-18(24(27)25(22)33-2)9-11-23(30)28-14-12-19(13-15-28)29-16-21(35-26(29)31)17-34-20-6-4-3-5-7-20/h3-11,19,21H,12-17H2,1-2H3/b11-9+. The summed E-state index contributed by atoms with van der Waals surface area (Å²) in [6.07, 6.45) is 3.94. The number of nitrogens with zero attached hydrogens (tertiary/aromatic N) is 2. The number of amides is 2. The van der Waals surface area contributed by atoms with E-state index in [0.717, 1.165) is 5.75 Å². The normalized spacial score (nSPS) is 18.6. The SMILES string of the molecule is COc1ccc(/C=C/C(=O)N2CCC(N3CC(COc4ccccc4)OC3=O)CC2)c(Cl)c1OC. The third-order valence-electron chi connectivity index (χ3n) is 6.22. The van der Waals surface area contributed by atoms with E-state index in [1.54, 1.807) is 28.0 Å². The summed E-state index contributed by atoms with van der Waals surface area (Å²) in [5.41, 5.74) is 0.663. The van der Waals surface area contributed by atoms with Gasteiger partial charge in [-0.3, -0.25) is 4.79 Å². The molecule has 9 heteroatoms. The van der Waals surface area contributed by atoms with Crippen LogP contribution in [0.15, 0.2) is 48.5 Å². The summed E-state index contributed by atoms with van der Waals surface area (Å²) in [7, 11) is 3.05. The number of likely N-dealkylation sites (tertiary alicyclic amines) is 1. The van der Waals surface area contributed by atoms with Gasteiger partial charge in [0.15, 0.2) is 17.6 Å². The highest BCUT2D eigenvalue weighted by Crippen LogP contribution is 2.37. The second-order valence-electron chi connectivity index (χ2n) is 8.38. The van der Waals surface area contributed by atoms with Crippen molar-refractivity contribution in [3.05, 3.63) is 59.1 Å². The first-order valence-corrected chi connectivity index (χ1v) is 11.9. The van der Waals surface area contributed by atoms with Gasteiger partial charge in [-0.1, -0.05) is 29.8 Å². The van der Waals surface area contributed by atoms with E-state index in [0.29, 0.717) is 61.2 Å². The summed E-state index contributed by atoms with van der Waals surface area (Å²) in [5, 5.41) is 0.382. The number of hydrogen-bond acceptors (Lipinski definition) is 6. The van der Waals surface area contributed by atoms with Crippen molar-refractivity contribution in [1.82, 2.24) is 9.80 Å². The molecule has 2 saturated heterocycles. The molecule has 0 bridgehead atoms. The lowest BCUT2D eigenvalue weighted by Crippen LogP contribution is -2.47. The molecule has 0 aromatic heterocycles. The average molecular weight is 501 g/mol. The molecule has 1 atom stereocenters. The van der Waals surface area contributed by atoms with Crippen molar-refractivity contribution < 1.29 is 28.5 Å². The van der Waals surface area contributed by atoms with Gasteiger partial charge in [0.1, 0.15) is 12.4 Å². The second-order valence-corrected chi connectivity index (χ2v) is 8.75. The number of cyclic esters (lactones) is 1. The quantitative estimate of drug-likeness (QED) is 0.504. The number of ether oxygens (including phenoxy) is 4. The molecule has 2 aliphatic rings. The van der Waals surface area contributed by atoms with Crippen LogP contribution in [-0.2, 0) is 9.53 Å². The van der Waals surface area contributed by atoms with Crippen LogP contribution >= 0.6 is 11.6 Å². The fourth-order valence-electron chi connectivity index (χ4n) is 4.33. The molecule has 2 heterocycles. The van der Waals surface area contributed by atoms with Gasteiger partial charge < -0.3 is 28.7 Å². The van der Waals surface area contributed by atoms with Crippen molar-refractivity contribution in [3.8, 4) is 17.2 Å². The van der Waals surface area contributed by atoms with Crippen molar-refractivity contribution >= 4 is 29.7 Å². The van der Waals surface area contributed by atoms with Crippen LogP contribution in [0.3, 0.4) is 0 Å². The molecule has 2 aliphatic heterocycles. The van der Waals surface area contributed by atoms with Crippen LogP contribution in [-0.4, -0.2) is 74.4 Å². The molecule has 0 radical (unpaired) electrons. The molecular formula is C26H29ClN2O6. The van der Waals surface area contributed by atoms with E-state index in [1.165, 1.54) is 20.3 Å². The fraction of sp³-hybridized carbons (Fsp3) is 0.385. The predicted molar refractivity (Wildman–Crippen MR) is 132 cm³/mol. The van der Waals surface area contributed by atoms with E-state index in [-0.39, 0.29) is 24.1 Å². The Balaban J connectivity index is 1.28. The molecule has 1 unspecified atom stereocenters. The maximum atomic E-state index is 12.7. The van der Waals surface area contributed by atoms with Gasteiger partial charge >= 0.3 is 6.09 Å². The molecule has 2 aromatic rings. The number of hydrogen-bond donors (Lipinski definition) is 0. The fourth-order valence-corrected chi connectivity index (χ4v) is 4.63. The number of piperidine rings is 1. The van der Waals surface area contributed by atoms with Crippen LogP contribution in [0.1, 0.15) is 18.4 Å². The number of rotatable bonds is 8. The number of carbonyl (C=O) groups excluding carboxylic acids is 2. The second kappa shape index (κ2) is 11.4.